The lowest BCUT2D eigenvalue weighted by molar-refractivity contribution is -0.151. The van der Waals surface area contributed by atoms with Gasteiger partial charge in [-0.25, -0.2) is 4.79 Å². The molecule has 2 amide bonds. The van der Waals surface area contributed by atoms with Crippen molar-refractivity contribution in [2.75, 3.05) is 66.0 Å². The Morgan fingerprint density at radius 2 is 1.16 bits per heavy atom. The van der Waals surface area contributed by atoms with Gasteiger partial charge in [-0.3, -0.25) is 24.1 Å². The predicted molar refractivity (Wildman–Crippen MR) is 102 cm³/mol. The molecule has 31 heavy (non-hydrogen) atoms. The second kappa shape index (κ2) is 16.1. The van der Waals surface area contributed by atoms with Gasteiger partial charge in [0.1, 0.15) is 6.61 Å². The number of Topliss-reactive ketones (excluding diaryl/α,β-unsaturated/α-hetero) is 1. The number of amides is 2. The molecule has 0 aliphatic carbocycles. The number of carboxylic acid groups (broad SMARTS) is 1. The zero-order valence-electron chi connectivity index (χ0n) is 17.1. The van der Waals surface area contributed by atoms with Gasteiger partial charge in [0.2, 0.25) is 5.78 Å². The molecule has 12 heteroatoms. The number of hydrogen-bond acceptors (Lipinski definition) is 10. The number of hydrogen-bond donors (Lipinski definition) is 1. The van der Waals surface area contributed by atoms with Crippen LogP contribution >= 0.6 is 0 Å². The number of carbonyl (C=O) groups excluding carboxylic acids is 4. The third-order valence-electron chi connectivity index (χ3n) is 3.76. The molecule has 1 rings (SSSR count). The number of esters is 1. The van der Waals surface area contributed by atoms with E-state index in [4.69, 9.17) is 28.8 Å². The molecule has 1 heterocycles. The quantitative estimate of drug-likeness (QED) is 0.112. The maximum absolute atomic E-state index is 11.3. The molecule has 0 spiro atoms. The summed E-state index contributed by atoms with van der Waals surface area (Å²) in [6.45, 7) is 2.62. The first-order chi connectivity index (χ1) is 14.9. The highest BCUT2D eigenvalue weighted by atomic mass is 16.6. The standard InChI is InChI=1S/C19H27NO11/c21-15(19(25)26)1-4-18(24)31-14-13-30-12-11-29-10-9-28-8-7-27-6-5-20-16(22)2-3-17(20)23/h2-3H,1,4-14H2,(H,25,26). The maximum atomic E-state index is 11.3. The second-order valence-electron chi connectivity index (χ2n) is 6.06. The Kier molecular flexibility index (Phi) is 13.7. The molecular weight excluding hydrogens is 418 g/mol. The van der Waals surface area contributed by atoms with E-state index in [-0.39, 0.29) is 44.6 Å². The Bertz CT molecular complexity index is 629. The molecule has 0 aromatic carbocycles. The molecule has 0 radical (unpaired) electrons. The van der Waals surface area contributed by atoms with Gasteiger partial charge in [0.15, 0.2) is 0 Å². The van der Waals surface area contributed by atoms with Gasteiger partial charge in [0.25, 0.3) is 11.8 Å². The summed E-state index contributed by atoms with van der Waals surface area (Å²) in [6.07, 6.45) is 1.77. The zero-order valence-corrected chi connectivity index (χ0v) is 17.1. The summed E-state index contributed by atoms with van der Waals surface area (Å²) in [4.78, 5) is 56.1. The molecule has 1 N–H and O–H groups in total. The highest BCUT2D eigenvalue weighted by Crippen LogP contribution is 2.02. The average molecular weight is 445 g/mol. The van der Waals surface area contributed by atoms with Crippen LogP contribution in [0, 0.1) is 0 Å². The largest absolute Gasteiger partial charge is 0.476 e. The van der Waals surface area contributed by atoms with Crippen LogP contribution in [0.5, 0.6) is 0 Å². The summed E-state index contributed by atoms with van der Waals surface area (Å²) < 4.78 is 25.9. The van der Waals surface area contributed by atoms with Crippen molar-refractivity contribution in [1.29, 1.82) is 0 Å². The first-order valence-corrected chi connectivity index (χ1v) is 9.68. The van der Waals surface area contributed by atoms with Gasteiger partial charge in [-0.1, -0.05) is 0 Å². The topological polar surface area (TPSA) is 155 Å². The van der Waals surface area contributed by atoms with Gasteiger partial charge in [0, 0.05) is 18.6 Å². The minimum absolute atomic E-state index is 0.000199. The van der Waals surface area contributed by atoms with E-state index in [2.05, 4.69) is 0 Å². The first-order valence-electron chi connectivity index (χ1n) is 9.68. The lowest BCUT2D eigenvalue weighted by atomic mass is 10.2. The molecule has 0 fully saturated rings. The predicted octanol–water partition coefficient (Wildman–Crippen LogP) is -1.05. The van der Waals surface area contributed by atoms with Crippen molar-refractivity contribution < 1.29 is 52.8 Å². The minimum atomic E-state index is -1.57. The van der Waals surface area contributed by atoms with Crippen molar-refractivity contribution in [3.8, 4) is 0 Å². The Morgan fingerprint density at radius 3 is 1.65 bits per heavy atom. The van der Waals surface area contributed by atoms with Crippen LogP contribution in [0.15, 0.2) is 12.2 Å². The van der Waals surface area contributed by atoms with Crippen molar-refractivity contribution >= 4 is 29.5 Å². The third-order valence-corrected chi connectivity index (χ3v) is 3.76. The van der Waals surface area contributed by atoms with Crippen molar-refractivity contribution in [2.24, 2.45) is 0 Å². The fraction of sp³-hybridized carbons (Fsp3) is 0.632. The van der Waals surface area contributed by atoms with Crippen LogP contribution in [-0.4, -0.2) is 106 Å². The number of ether oxygens (including phenoxy) is 5. The van der Waals surface area contributed by atoms with E-state index in [1.54, 1.807) is 0 Å². The lowest BCUT2D eigenvalue weighted by Gasteiger charge is -2.13. The summed E-state index contributed by atoms with van der Waals surface area (Å²) >= 11 is 0. The van der Waals surface area contributed by atoms with Gasteiger partial charge in [0.05, 0.1) is 65.8 Å². The van der Waals surface area contributed by atoms with Crippen LogP contribution < -0.4 is 0 Å². The van der Waals surface area contributed by atoms with E-state index in [0.717, 1.165) is 4.90 Å². The van der Waals surface area contributed by atoms with E-state index in [9.17, 15) is 24.0 Å². The monoisotopic (exact) mass is 445 g/mol. The molecule has 174 valence electrons. The van der Waals surface area contributed by atoms with E-state index in [0.29, 0.717) is 39.6 Å². The number of carboxylic acids is 1. The van der Waals surface area contributed by atoms with Crippen LogP contribution in [0.4, 0.5) is 0 Å². The van der Waals surface area contributed by atoms with Crippen molar-refractivity contribution in [3.63, 3.8) is 0 Å². The maximum Gasteiger partial charge on any atom is 0.372 e. The van der Waals surface area contributed by atoms with Gasteiger partial charge < -0.3 is 28.8 Å². The lowest BCUT2D eigenvalue weighted by Crippen LogP contribution is -2.33. The normalized spacial score (nSPS) is 13.1. The summed E-state index contributed by atoms with van der Waals surface area (Å²) in [5.74, 6) is -3.94. The fourth-order valence-electron chi connectivity index (χ4n) is 2.18. The van der Waals surface area contributed by atoms with Crippen molar-refractivity contribution in [1.82, 2.24) is 4.90 Å². The summed E-state index contributed by atoms with van der Waals surface area (Å²) in [5.41, 5.74) is 0. The molecule has 12 nitrogen and oxygen atoms in total. The molecule has 1 aliphatic rings. The average Bonchev–Trinajstić information content (AvgIpc) is 3.06. The molecule has 0 aromatic rings. The SMILES string of the molecule is O=C(CCC(=O)C(=O)O)OCCOCCOCCOCCOCCN1C(=O)C=CC1=O. The van der Waals surface area contributed by atoms with Crippen LogP contribution in [0.2, 0.25) is 0 Å². The molecule has 0 saturated carbocycles. The van der Waals surface area contributed by atoms with Crippen LogP contribution in [0.3, 0.4) is 0 Å². The fourth-order valence-corrected chi connectivity index (χ4v) is 2.18. The number of ketones is 1. The van der Waals surface area contributed by atoms with Crippen molar-refractivity contribution in [2.45, 2.75) is 12.8 Å². The Balaban J connectivity index is 1.78. The van der Waals surface area contributed by atoms with Crippen LogP contribution in [-0.2, 0) is 47.7 Å². The molecule has 0 saturated heterocycles. The number of aliphatic carboxylic acids is 1. The molecule has 0 atom stereocenters. The summed E-state index contributed by atoms with van der Waals surface area (Å²) in [7, 11) is 0. The smallest absolute Gasteiger partial charge is 0.372 e. The molecule has 1 aliphatic heterocycles. The number of rotatable bonds is 19. The third kappa shape index (κ3) is 12.6. The Morgan fingerprint density at radius 1 is 0.710 bits per heavy atom. The number of carbonyl (C=O) groups is 5. The van der Waals surface area contributed by atoms with Gasteiger partial charge in [-0.2, -0.15) is 0 Å². The minimum Gasteiger partial charge on any atom is -0.476 e. The van der Waals surface area contributed by atoms with E-state index in [1.807, 2.05) is 0 Å². The number of nitrogens with zero attached hydrogens (tertiary/aromatic N) is 1. The summed E-state index contributed by atoms with van der Waals surface area (Å²) in [5, 5.41) is 8.38. The highest BCUT2D eigenvalue weighted by Gasteiger charge is 2.22. The zero-order chi connectivity index (χ0) is 22.9. The van der Waals surface area contributed by atoms with Crippen molar-refractivity contribution in [3.05, 3.63) is 12.2 Å². The molecule has 0 aromatic heterocycles. The molecule has 0 bridgehead atoms. The van der Waals surface area contributed by atoms with Gasteiger partial charge >= 0.3 is 11.9 Å². The number of imide groups is 1. The van der Waals surface area contributed by atoms with E-state index in [1.165, 1.54) is 12.2 Å². The first kappa shape index (κ1) is 26.4. The van der Waals surface area contributed by atoms with Crippen LogP contribution in [0.25, 0.3) is 0 Å². The highest BCUT2D eigenvalue weighted by molar-refractivity contribution is 6.32. The van der Waals surface area contributed by atoms with E-state index < -0.39 is 24.1 Å². The van der Waals surface area contributed by atoms with E-state index >= 15 is 0 Å². The molecule has 0 unspecified atom stereocenters. The summed E-state index contributed by atoms with van der Waals surface area (Å²) in [6, 6.07) is 0. The van der Waals surface area contributed by atoms with Crippen LogP contribution in [0.1, 0.15) is 12.8 Å². The Labute approximate surface area is 179 Å². The second-order valence-corrected chi connectivity index (χ2v) is 6.06. The van der Waals surface area contributed by atoms with Gasteiger partial charge in [-0.05, 0) is 0 Å². The molecular formula is C19H27NO11. The van der Waals surface area contributed by atoms with Gasteiger partial charge in [-0.15, -0.1) is 0 Å². The Hall–Kier alpha value is -2.67.